The van der Waals surface area contributed by atoms with Crippen molar-refractivity contribution >= 4 is 12.4 Å². The second-order valence-corrected chi connectivity index (χ2v) is 1.69. The Morgan fingerprint density at radius 2 is 2.22 bits per heavy atom. The van der Waals surface area contributed by atoms with Crippen molar-refractivity contribution in [3.05, 3.63) is 0 Å². The van der Waals surface area contributed by atoms with E-state index in [-0.39, 0.29) is 25.1 Å². The quantitative estimate of drug-likeness (QED) is 0.561. The summed E-state index contributed by atoms with van der Waals surface area (Å²) in [6.45, 7) is 0.0294. The highest BCUT2D eigenvalue weighted by Crippen LogP contribution is 1.89. The Labute approximate surface area is 61.9 Å². The molecule has 0 saturated carbocycles. The second kappa shape index (κ2) is 7.77. The SMILES string of the molecule is C#CCC[C@H](N)CO.Cl. The topological polar surface area (TPSA) is 46.2 Å². The van der Waals surface area contributed by atoms with Crippen molar-refractivity contribution in [3.8, 4) is 12.3 Å². The van der Waals surface area contributed by atoms with E-state index in [0.29, 0.717) is 12.8 Å². The Morgan fingerprint density at radius 3 is 2.56 bits per heavy atom. The van der Waals surface area contributed by atoms with Crippen LogP contribution in [0, 0.1) is 12.3 Å². The molecule has 0 bridgehead atoms. The molecule has 54 valence electrons. The fourth-order valence-corrected chi connectivity index (χ4v) is 0.360. The summed E-state index contributed by atoms with van der Waals surface area (Å²) in [6, 6.07) is -0.133. The molecule has 0 amide bonds. The average Bonchev–Trinajstić information content (AvgIpc) is 1.83. The van der Waals surface area contributed by atoms with Crippen molar-refractivity contribution in [2.75, 3.05) is 6.61 Å². The monoisotopic (exact) mass is 149 g/mol. The zero-order valence-corrected chi connectivity index (χ0v) is 6.03. The van der Waals surface area contributed by atoms with E-state index in [1.165, 1.54) is 0 Å². The van der Waals surface area contributed by atoms with Gasteiger partial charge in [-0.25, -0.2) is 0 Å². The van der Waals surface area contributed by atoms with Crippen LogP contribution in [0.2, 0.25) is 0 Å². The number of hydrogen-bond acceptors (Lipinski definition) is 2. The molecule has 0 heterocycles. The molecule has 0 aromatic heterocycles. The zero-order valence-electron chi connectivity index (χ0n) is 5.21. The lowest BCUT2D eigenvalue weighted by molar-refractivity contribution is 0.261. The third-order valence-electron chi connectivity index (χ3n) is 0.894. The van der Waals surface area contributed by atoms with Crippen LogP contribution in [0.5, 0.6) is 0 Å². The molecule has 0 aliphatic carbocycles. The highest BCUT2D eigenvalue weighted by atomic mass is 35.5. The van der Waals surface area contributed by atoms with Crippen LogP contribution >= 0.6 is 12.4 Å². The molecule has 0 saturated heterocycles. The lowest BCUT2D eigenvalue weighted by Gasteiger charge is -2.02. The van der Waals surface area contributed by atoms with Gasteiger partial charge in [0.05, 0.1) is 6.61 Å². The second-order valence-electron chi connectivity index (χ2n) is 1.69. The molecular weight excluding hydrogens is 138 g/mol. The van der Waals surface area contributed by atoms with Crippen molar-refractivity contribution < 1.29 is 5.11 Å². The highest BCUT2D eigenvalue weighted by Gasteiger charge is 1.95. The molecule has 2 nitrogen and oxygen atoms in total. The molecular formula is C6H12ClNO. The van der Waals surface area contributed by atoms with Crippen LogP contribution in [-0.2, 0) is 0 Å². The van der Waals surface area contributed by atoms with E-state index in [4.69, 9.17) is 17.3 Å². The molecule has 9 heavy (non-hydrogen) atoms. The largest absolute Gasteiger partial charge is 0.395 e. The van der Waals surface area contributed by atoms with Crippen molar-refractivity contribution in [2.24, 2.45) is 5.73 Å². The summed E-state index contributed by atoms with van der Waals surface area (Å²) in [7, 11) is 0. The zero-order chi connectivity index (χ0) is 6.41. The first-order chi connectivity index (χ1) is 3.81. The van der Waals surface area contributed by atoms with Crippen molar-refractivity contribution in [2.45, 2.75) is 18.9 Å². The van der Waals surface area contributed by atoms with E-state index in [0.717, 1.165) is 0 Å². The van der Waals surface area contributed by atoms with Crippen LogP contribution in [0.1, 0.15) is 12.8 Å². The maximum absolute atomic E-state index is 8.37. The van der Waals surface area contributed by atoms with Gasteiger partial charge in [0.15, 0.2) is 0 Å². The third kappa shape index (κ3) is 7.77. The van der Waals surface area contributed by atoms with E-state index in [1.807, 2.05) is 0 Å². The Kier molecular flexibility index (Phi) is 9.97. The molecule has 0 unspecified atom stereocenters. The van der Waals surface area contributed by atoms with Gasteiger partial charge in [0.25, 0.3) is 0 Å². The van der Waals surface area contributed by atoms with Crippen LogP contribution in [0.15, 0.2) is 0 Å². The summed E-state index contributed by atoms with van der Waals surface area (Å²) in [5.41, 5.74) is 5.31. The summed E-state index contributed by atoms with van der Waals surface area (Å²) in [5, 5.41) is 8.37. The highest BCUT2D eigenvalue weighted by molar-refractivity contribution is 5.85. The number of hydrogen-bond donors (Lipinski definition) is 2. The van der Waals surface area contributed by atoms with Crippen molar-refractivity contribution in [1.29, 1.82) is 0 Å². The minimum atomic E-state index is -0.133. The van der Waals surface area contributed by atoms with Gasteiger partial charge in [-0.1, -0.05) is 0 Å². The first kappa shape index (κ1) is 11.6. The maximum Gasteiger partial charge on any atom is 0.0582 e. The van der Waals surface area contributed by atoms with E-state index >= 15 is 0 Å². The molecule has 3 N–H and O–H groups in total. The maximum atomic E-state index is 8.37. The normalized spacial score (nSPS) is 11.2. The summed E-state index contributed by atoms with van der Waals surface area (Å²) in [6.07, 6.45) is 6.31. The molecule has 0 aromatic carbocycles. The summed E-state index contributed by atoms with van der Waals surface area (Å²) in [5.74, 6) is 2.44. The number of aliphatic hydroxyl groups excluding tert-OH is 1. The van der Waals surface area contributed by atoms with Gasteiger partial charge in [-0.15, -0.1) is 24.8 Å². The van der Waals surface area contributed by atoms with Crippen LogP contribution in [0.4, 0.5) is 0 Å². The minimum Gasteiger partial charge on any atom is -0.395 e. The minimum absolute atomic E-state index is 0. The molecule has 3 heteroatoms. The van der Waals surface area contributed by atoms with Gasteiger partial charge in [-0.2, -0.15) is 0 Å². The van der Waals surface area contributed by atoms with Crippen molar-refractivity contribution in [1.82, 2.24) is 0 Å². The smallest absolute Gasteiger partial charge is 0.0582 e. The number of nitrogens with two attached hydrogens (primary N) is 1. The fourth-order valence-electron chi connectivity index (χ4n) is 0.360. The van der Waals surface area contributed by atoms with Crippen LogP contribution in [-0.4, -0.2) is 17.8 Å². The number of aliphatic hydroxyl groups is 1. The molecule has 0 aliphatic heterocycles. The van der Waals surface area contributed by atoms with Gasteiger partial charge >= 0.3 is 0 Å². The number of terminal acetylenes is 1. The van der Waals surface area contributed by atoms with Gasteiger partial charge in [-0.05, 0) is 6.42 Å². The van der Waals surface area contributed by atoms with E-state index < -0.39 is 0 Å². The first-order valence-corrected chi connectivity index (χ1v) is 2.61. The lowest BCUT2D eigenvalue weighted by atomic mass is 10.2. The van der Waals surface area contributed by atoms with Crippen molar-refractivity contribution in [3.63, 3.8) is 0 Å². The van der Waals surface area contributed by atoms with Gasteiger partial charge in [0.1, 0.15) is 0 Å². The first-order valence-electron chi connectivity index (χ1n) is 2.61. The van der Waals surface area contributed by atoms with Gasteiger partial charge in [0, 0.05) is 12.5 Å². The van der Waals surface area contributed by atoms with E-state index in [9.17, 15) is 0 Å². The Morgan fingerprint density at radius 1 is 1.67 bits per heavy atom. The van der Waals surface area contributed by atoms with Crippen LogP contribution < -0.4 is 5.73 Å². The molecule has 0 radical (unpaired) electrons. The van der Waals surface area contributed by atoms with E-state index in [2.05, 4.69) is 5.92 Å². The molecule has 0 rings (SSSR count). The molecule has 0 aliphatic rings. The molecule has 1 atom stereocenters. The summed E-state index contributed by atoms with van der Waals surface area (Å²) >= 11 is 0. The Balaban J connectivity index is 0. The van der Waals surface area contributed by atoms with Crippen LogP contribution in [0.25, 0.3) is 0 Å². The molecule has 0 fully saturated rings. The van der Waals surface area contributed by atoms with E-state index in [1.54, 1.807) is 0 Å². The Hall–Kier alpha value is -0.230. The van der Waals surface area contributed by atoms with Gasteiger partial charge in [-0.3, -0.25) is 0 Å². The summed E-state index contributed by atoms with van der Waals surface area (Å²) in [4.78, 5) is 0. The third-order valence-corrected chi connectivity index (χ3v) is 0.894. The molecule has 0 spiro atoms. The molecule has 0 aromatic rings. The van der Waals surface area contributed by atoms with Gasteiger partial charge in [0.2, 0.25) is 0 Å². The number of halogens is 1. The standard InChI is InChI=1S/C6H11NO.ClH/c1-2-3-4-6(7)5-8;/h1,6,8H,3-5,7H2;1H/t6-;/m0./s1. The average molecular weight is 150 g/mol. The van der Waals surface area contributed by atoms with Crippen LogP contribution in [0.3, 0.4) is 0 Å². The Bertz CT molecular complexity index is 89.5. The number of rotatable bonds is 3. The summed E-state index contributed by atoms with van der Waals surface area (Å²) < 4.78 is 0. The predicted octanol–water partition coefficient (Wildman–Crippen LogP) is 0.141. The predicted molar refractivity (Wildman–Crippen MR) is 40.4 cm³/mol. The lowest BCUT2D eigenvalue weighted by Crippen LogP contribution is -2.23. The fraction of sp³-hybridized carbons (Fsp3) is 0.667. The van der Waals surface area contributed by atoms with Gasteiger partial charge < -0.3 is 10.8 Å².